The number of amides is 1. The van der Waals surface area contributed by atoms with Crippen LogP contribution in [0.2, 0.25) is 0 Å². The van der Waals surface area contributed by atoms with E-state index >= 15 is 0 Å². The number of nitrogens with one attached hydrogen (secondary N) is 1. The maximum atomic E-state index is 12.3. The van der Waals surface area contributed by atoms with Crippen LogP contribution in [0.1, 0.15) is 28.7 Å². The van der Waals surface area contributed by atoms with Crippen LogP contribution in [-0.2, 0) is 0 Å². The van der Waals surface area contributed by atoms with Gasteiger partial charge in [0.25, 0.3) is 5.91 Å². The van der Waals surface area contributed by atoms with Gasteiger partial charge in [-0.15, -0.1) is 0 Å². The molecule has 0 saturated carbocycles. The van der Waals surface area contributed by atoms with Crippen molar-refractivity contribution in [1.82, 2.24) is 19.6 Å². The molecule has 3 aromatic rings. The fourth-order valence-corrected chi connectivity index (χ4v) is 3.02. The largest absolute Gasteiger partial charge is 0.504 e. The van der Waals surface area contributed by atoms with Crippen molar-refractivity contribution in [3.63, 3.8) is 0 Å². The van der Waals surface area contributed by atoms with Crippen molar-refractivity contribution in [3.05, 3.63) is 53.5 Å². The van der Waals surface area contributed by atoms with E-state index < -0.39 is 5.91 Å². The van der Waals surface area contributed by atoms with Crippen molar-refractivity contribution in [1.29, 1.82) is 0 Å². The molecule has 0 aliphatic carbocycles. The maximum Gasteiger partial charge on any atom is 0.295 e. The molecule has 8 nitrogen and oxygen atoms in total. The highest BCUT2D eigenvalue weighted by Gasteiger charge is 2.17. The molecule has 1 amide bonds. The number of hydrazone groups is 1. The molecule has 25 heavy (non-hydrogen) atoms. The Morgan fingerprint density at radius 1 is 1.36 bits per heavy atom. The number of nitrogens with zero attached hydrogens (tertiary/aromatic N) is 4. The summed E-state index contributed by atoms with van der Waals surface area (Å²) in [5, 5.41) is 18.6. The minimum atomic E-state index is -0.619. The fraction of sp³-hybridized carbons (Fsp3) is 0.125. The summed E-state index contributed by atoms with van der Waals surface area (Å²) >= 11 is 1.17. The number of para-hydroxylation sites is 1. The van der Waals surface area contributed by atoms with Gasteiger partial charge in [0.1, 0.15) is 5.00 Å². The molecule has 0 bridgehead atoms. The van der Waals surface area contributed by atoms with Gasteiger partial charge >= 0.3 is 0 Å². The van der Waals surface area contributed by atoms with E-state index in [1.807, 2.05) is 37.3 Å². The highest BCUT2D eigenvalue weighted by Crippen LogP contribution is 2.21. The van der Waals surface area contributed by atoms with E-state index in [-0.39, 0.29) is 11.4 Å². The number of hydrogen-bond acceptors (Lipinski definition) is 7. The zero-order valence-corrected chi connectivity index (χ0v) is 14.4. The van der Waals surface area contributed by atoms with Crippen LogP contribution < -0.4 is 11.2 Å². The lowest BCUT2D eigenvalue weighted by atomic mass is 10.2. The second-order valence-corrected chi connectivity index (χ2v) is 6.09. The highest BCUT2D eigenvalue weighted by atomic mass is 32.1. The van der Waals surface area contributed by atoms with Crippen LogP contribution in [0.15, 0.2) is 41.6 Å². The number of nitrogen functional groups attached to an aromatic ring is 1. The zero-order valence-electron chi connectivity index (χ0n) is 13.6. The second kappa shape index (κ2) is 6.73. The van der Waals surface area contributed by atoms with Gasteiger partial charge in [0, 0.05) is 0 Å². The Hall–Kier alpha value is -3.20. The molecule has 0 radical (unpaired) electrons. The molecule has 0 aliphatic heterocycles. The Bertz CT molecular complexity index is 925. The molecule has 2 aromatic heterocycles. The summed E-state index contributed by atoms with van der Waals surface area (Å²) in [6.45, 7) is 3.53. The number of aryl methyl sites for hydroxylation is 1. The van der Waals surface area contributed by atoms with Crippen molar-refractivity contribution in [2.45, 2.75) is 13.8 Å². The molecular formula is C16H16N6O2S. The first kappa shape index (κ1) is 16.7. The first-order valence-electron chi connectivity index (χ1n) is 7.38. The summed E-state index contributed by atoms with van der Waals surface area (Å²) in [7, 11) is 0. The summed E-state index contributed by atoms with van der Waals surface area (Å²) in [6.07, 6.45) is 1.37. The first-order chi connectivity index (χ1) is 12.0. The lowest BCUT2D eigenvalue weighted by molar-refractivity contribution is 0.0947. The molecule has 9 heteroatoms. The number of nitrogens with two attached hydrogens (primary N) is 1. The molecule has 0 unspecified atom stereocenters. The van der Waals surface area contributed by atoms with Gasteiger partial charge in [0.05, 0.1) is 28.9 Å². The Labute approximate surface area is 147 Å². The molecular weight excluding hydrogens is 340 g/mol. The Kier molecular flexibility index (Phi) is 4.48. The number of hydrogen-bond donors (Lipinski definition) is 3. The van der Waals surface area contributed by atoms with Crippen molar-refractivity contribution in [2.24, 2.45) is 5.10 Å². The number of rotatable bonds is 4. The minimum Gasteiger partial charge on any atom is -0.504 e. The smallest absolute Gasteiger partial charge is 0.295 e. The zero-order chi connectivity index (χ0) is 18.0. The quantitative estimate of drug-likeness (QED) is 0.488. The lowest BCUT2D eigenvalue weighted by Crippen LogP contribution is -2.20. The van der Waals surface area contributed by atoms with Gasteiger partial charge in [-0.3, -0.25) is 4.79 Å². The standard InChI is InChI=1S/C16H16N6O2S/c1-9(13-10(2)21-25-15(13)17)18-19-16(24)14-12(23)8-22(20-14)11-6-4-3-5-7-11/h3-8,23H,17H2,1-2H3,(H,19,24)/b18-9-. The summed E-state index contributed by atoms with van der Waals surface area (Å²) in [5.41, 5.74) is 10.8. The third-order valence-electron chi connectivity index (χ3n) is 3.51. The molecule has 0 fully saturated rings. The predicted molar refractivity (Wildman–Crippen MR) is 96.2 cm³/mol. The summed E-state index contributed by atoms with van der Waals surface area (Å²) in [6, 6.07) is 9.16. The summed E-state index contributed by atoms with van der Waals surface area (Å²) in [4.78, 5) is 12.3. The number of anilines is 1. The van der Waals surface area contributed by atoms with Gasteiger partial charge in [0.2, 0.25) is 0 Å². The SMILES string of the molecule is C/C(=N/NC(=O)c1nn(-c2ccccc2)cc1O)c1c(C)nsc1N. The normalized spacial score (nSPS) is 11.5. The monoisotopic (exact) mass is 356 g/mol. The van der Waals surface area contributed by atoms with Crippen LogP contribution in [0.5, 0.6) is 5.75 Å². The van der Waals surface area contributed by atoms with Crippen molar-refractivity contribution < 1.29 is 9.90 Å². The van der Waals surface area contributed by atoms with Gasteiger partial charge in [-0.2, -0.15) is 14.6 Å². The molecule has 128 valence electrons. The average molecular weight is 356 g/mol. The van der Waals surface area contributed by atoms with Crippen LogP contribution >= 0.6 is 11.5 Å². The Morgan fingerprint density at radius 2 is 2.08 bits per heavy atom. The van der Waals surface area contributed by atoms with Gasteiger partial charge < -0.3 is 10.8 Å². The van der Waals surface area contributed by atoms with Crippen molar-refractivity contribution in [3.8, 4) is 11.4 Å². The Morgan fingerprint density at radius 3 is 2.72 bits per heavy atom. The number of carbonyl (C=O) groups is 1. The predicted octanol–water partition coefficient (Wildman–Crippen LogP) is 2.08. The van der Waals surface area contributed by atoms with Crippen LogP contribution in [0.3, 0.4) is 0 Å². The van der Waals surface area contributed by atoms with E-state index in [0.29, 0.717) is 16.3 Å². The maximum absolute atomic E-state index is 12.3. The highest BCUT2D eigenvalue weighted by molar-refractivity contribution is 7.10. The Balaban J connectivity index is 1.80. The van der Waals surface area contributed by atoms with Crippen LogP contribution in [0.4, 0.5) is 5.00 Å². The minimum absolute atomic E-state index is 0.117. The van der Waals surface area contributed by atoms with E-state index in [1.165, 1.54) is 22.4 Å². The van der Waals surface area contributed by atoms with Crippen LogP contribution in [0, 0.1) is 6.92 Å². The van der Waals surface area contributed by atoms with E-state index in [0.717, 1.165) is 11.4 Å². The number of benzene rings is 1. The van der Waals surface area contributed by atoms with E-state index in [2.05, 4.69) is 20.0 Å². The molecule has 3 rings (SSSR count). The molecule has 0 atom stereocenters. The summed E-state index contributed by atoms with van der Waals surface area (Å²) < 4.78 is 5.56. The fourth-order valence-electron chi connectivity index (χ4n) is 2.31. The molecule has 1 aromatic carbocycles. The third kappa shape index (κ3) is 3.36. The average Bonchev–Trinajstić information content (AvgIpc) is 3.16. The number of carbonyl (C=O) groups excluding carboxylic acids is 1. The van der Waals surface area contributed by atoms with E-state index in [1.54, 1.807) is 6.92 Å². The molecule has 0 spiro atoms. The third-order valence-corrected chi connectivity index (χ3v) is 4.27. The molecule has 4 N–H and O–H groups in total. The second-order valence-electron chi connectivity index (χ2n) is 5.29. The topological polar surface area (TPSA) is 118 Å². The van der Waals surface area contributed by atoms with E-state index in [4.69, 9.17) is 5.73 Å². The van der Waals surface area contributed by atoms with Gasteiger partial charge in [-0.1, -0.05) is 18.2 Å². The van der Waals surface area contributed by atoms with Crippen LogP contribution in [0.25, 0.3) is 5.69 Å². The number of aromatic hydroxyl groups is 1. The first-order valence-corrected chi connectivity index (χ1v) is 8.15. The van der Waals surface area contributed by atoms with Gasteiger partial charge in [-0.25, -0.2) is 10.1 Å². The van der Waals surface area contributed by atoms with Gasteiger partial charge in [0.15, 0.2) is 11.4 Å². The van der Waals surface area contributed by atoms with E-state index in [9.17, 15) is 9.90 Å². The summed E-state index contributed by atoms with van der Waals surface area (Å²) in [5.74, 6) is -0.854. The molecule has 2 heterocycles. The molecule has 0 aliphatic rings. The molecule has 0 saturated heterocycles. The lowest BCUT2D eigenvalue weighted by Gasteiger charge is -2.02. The van der Waals surface area contributed by atoms with Crippen molar-refractivity contribution >= 4 is 28.2 Å². The van der Waals surface area contributed by atoms with Crippen molar-refractivity contribution in [2.75, 3.05) is 5.73 Å². The van der Waals surface area contributed by atoms with Gasteiger partial charge in [-0.05, 0) is 37.5 Å². The van der Waals surface area contributed by atoms with Crippen LogP contribution in [-0.4, -0.2) is 30.9 Å². The number of aromatic nitrogens is 3.